The predicted octanol–water partition coefficient (Wildman–Crippen LogP) is 1.98. The van der Waals surface area contributed by atoms with Crippen molar-refractivity contribution in [2.75, 3.05) is 19.5 Å². The molecule has 0 aromatic heterocycles. The summed E-state index contributed by atoms with van der Waals surface area (Å²) in [5.41, 5.74) is 0. The number of carbonyl (C=O) groups is 1. The van der Waals surface area contributed by atoms with Crippen molar-refractivity contribution in [2.45, 2.75) is 33.6 Å². The monoisotopic (exact) mass is 288 g/mol. The molecule has 0 spiro atoms. The van der Waals surface area contributed by atoms with Crippen LogP contribution >= 0.6 is 9.24 Å². The Kier molecular flexibility index (Phi) is 18.0. The van der Waals surface area contributed by atoms with Crippen molar-refractivity contribution in [1.82, 2.24) is 0 Å². The van der Waals surface area contributed by atoms with E-state index >= 15 is 0 Å². The predicted molar refractivity (Wildman–Crippen MR) is 73.8 cm³/mol. The molecule has 0 fully saturated rings. The fourth-order valence-corrected chi connectivity index (χ4v) is 0.835. The Hall–Kier alpha value is -0.190. The standard InChI is InChI=1S/C8H16O2.CH4O3S.CH5P/c1-4-6-7(3)8(9)10-5-2;1-5(2,3)4;1-2/h7H,4-6H2,1-3H3;1H3,(H,2,3,4);2H2,1H3. The number of esters is 1. The van der Waals surface area contributed by atoms with E-state index in [2.05, 4.69) is 16.2 Å². The molecule has 0 aliphatic rings. The van der Waals surface area contributed by atoms with Gasteiger partial charge in [0, 0.05) is 0 Å². The van der Waals surface area contributed by atoms with Crippen LogP contribution in [0.25, 0.3) is 0 Å². The molecule has 106 valence electrons. The van der Waals surface area contributed by atoms with Gasteiger partial charge in [-0.1, -0.05) is 26.9 Å². The average Bonchev–Trinajstić information content (AvgIpc) is 2.19. The SMILES string of the molecule is CCCC(C)C(=O)OCC.CP.CS(=O)(=O)O. The molecule has 0 amide bonds. The smallest absolute Gasteiger partial charge is 0.308 e. The molecule has 0 radical (unpaired) electrons. The second kappa shape index (κ2) is 13.9. The Morgan fingerprint density at radius 2 is 1.71 bits per heavy atom. The van der Waals surface area contributed by atoms with E-state index in [1.54, 1.807) is 0 Å². The molecule has 0 saturated heterocycles. The van der Waals surface area contributed by atoms with Crippen LogP contribution in [0.2, 0.25) is 0 Å². The van der Waals surface area contributed by atoms with Crippen molar-refractivity contribution in [1.29, 1.82) is 0 Å². The van der Waals surface area contributed by atoms with Crippen LogP contribution in [-0.2, 0) is 19.6 Å². The molecule has 1 N–H and O–H groups in total. The average molecular weight is 288 g/mol. The molecule has 0 aromatic rings. The van der Waals surface area contributed by atoms with Gasteiger partial charge < -0.3 is 4.74 Å². The highest BCUT2D eigenvalue weighted by atomic mass is 32.2. The number of carbonyl (C=O) groups excluding carboxylic acids is 1. The number of hydrogen-bond acceptors (Lipinski definition) is 4. The minimum absolute atomic E-state index is 0.0654. The van der Waals surface area contributed by atoms with Crippen LogP contribution in [0.15, 0.2) is 0 Å². The van der Waals surface area contributed by atoms with Crippen LogP contribution in [0.4, 0.5) is 0 Å². The third kappa shape index (κ3) is 31.3. The van der Waals surface area contributed by atoms with E-state index in [0.29, 0.717) is 12.9 Å². The van der Waals surface area contributed by atoms with Crippen molar-refractivity contribution in [3.8, 4) is 0 Å². The Morgan fingerprint density at radius 3 is 1.94 bits per heavy atom. The molecule has 0 bridgehead atoms. The van der Waals surface area contributed by atoms with Gasteiger partial charge in [-0.2, -0.15) is 8.42 Å². The Bertz CT molecular complexity index is 256. The highest BCUT2D eigenvalue weighted by Gasteiger charge is 2.11. The van der Waals surface area contributed by atoms with E-state index in [9.17, 15) is 13.2 Å². The number of ether oxygens (including phenoxy) is 1. The maximum Gasteiger partial charge on any atom is 0.308 e. The maximum absolute atomic E-state index is 10.9. The summed E-state index contributed by atoms with van der Waals surface area (Å²) in [6.45, 7) is 8.21. The second-order valence-electron chi connectivity index (χ2n) is 3.17. The fraction of sp³-hybridized carbons (Fsp3) is 0.900. The zero-order valence-corrected chi connectivity index (χ0v) is 13.2. The van der Waals surface area contributed by atoms with Gasteiger partial charge in [-0.25, -0.2) is 0 Å². The van der Waals surface area contributed by atoms with Gasteiger partial charge in [-0.3, -0.25) is 9.35 Å². The van der Waals surface area contributed by atoms with Crippen molar-refractivity contribution < 1.29 is 22.5 Å². The molecular weight excluding hydrogens is 263 g/mol. The first-order valence-electron chi connectivity index (χ1n) is 5.39. The summed E-state index contributed by atoms with van der Waals surface area (Å²) in [6, 6.07) is 0. The van der Waals surface area contributed by atoms with Crippen molar-refractivity contribution >= 4 is 25.3 Å². The zero-order valence-electron chi connectivity index (χ0n) is 11.3. The first-order chi connectivity index (χ1) is 7.72. The zero-order chi connectivity index (χ0) is 14.5. The molecule has 0 rings (SSSR count). The topological polar surface area (TPSA) is 80.7 Å². The van der Waals surface area contributed by atoms with Crippen molar-refractivity contribution in [3.05, 3.63) is 0 Å². The van der Waals surface area contributed by atoms with Crippen LogP contribution in [0.1, 0.15) is 33.6 Å². The molecule has 0 aliphatic carbocycles. The van der Waals surface area contributed by atoms with E-state index in [1.807, 2.05) is 20.5 Å². The van der Waals surface area contributed by atoms with E-state index in [-0.39, 0.29) is 11.9 Å². The summed E-state index contributed by atoms with van der Waals surface area (Å²) in [5, 5.41) is 0. The first-order valence-corrected chi connectivity index (χ1v) is 8.39. The second-order valence-corrected chi connectivity index (χ2v) is 4.64. The van der Waals surface area contributed by atoms with Gasteiger partial charge in [0.2, 0.25) is 0 Å². The van der Waals surface area contributed by atoms with Crippen molar-refractivity contribution in [3.63, 3.8) is 0 Å². The van der Waals surface area contributed by atoms with Crippen LogP contribution < -0.4 is 0 Å². The first kappa shape index (κ1) is 22.0. The van der Waals surface area contributed by atoms with Gasteiger partial charge >= 0.3 is 5.97 Å². The molecule has 17 heavy (non-hydrogen) atoms. The highest BCUT2D eigenvalue weighted by molar-refractivity contribution is 7.85. The van der Waals surface area contributed by atoms with E-state index in [0.717, 1.165) is 12.8 Å². The lowest BCUT2D eigenvalue weighted by Crippen LogP contribution is -2.14. The van der Waals surface area contributed by atoms with Crippen LogP contribution in [0, 0.1) is 5.92 Å². The van der Waals surface area contributed by atoms with Gasteiger partial charge in [-0.15, -0.1) is 9.24 Å². The quantitative estimate of drug-likeness (QED) is 0.486. The van der Waals surface area contributed by atoms with Crippen LogP contribution in [0.3, 0.4) is 0 Å². The maximum atomic E-state index is 10.9. The summed E-state index contributed by atoms with van der Waals surface area (Å²) >= 11 is 0. The molecule has 2 unspecified atom stereocenters. The number of rotatable bonds is 4. The van der Waals surface area contributed by atoms with Gasteiger partial charge in [0.1, 0.15) is 0 Å². The van der Waals surface area contributed by atoms with Gasteiger partial charge in [0.25, 0.3) is 10.1 Å². The Balaban J connectivity index is -0.000000236. The Labute approximate surface area is 107 Å². The van der Waals surface area contributed by atoms with E-state index < -0.39 is 10.1 Å². The summed E-state index contributed by atoms with van der Waals surface area (Å²) in [6.07, 6.45) is 2.69. The van der Waals surface area contributed by atoms with E-state index in [4.69, 9.17) is 9.29 Å². The highest BCUT2D eigenvalue weighted by Crippen LogP contribution is 2.06. The Morgan fingerprint density at radius 1 is 1.35 bits per heavy atom. The minimum atomic E-state index is -3.67. The van der Waals surface area contributed by atoms with Gasteiger partial charge in [0.05, 0.1) is 18.8 Å². The molecule has 0 heterocycles. The van der Waals surface area contributed by atoms with E-state index in [1.165, 1.54) is 0 Å². The molecule has 0 saturated carbocycles. The largest absolute Gasteiger partial charge is 0.466 e. The fourth-order valence-electron chi connectivity index (χ4n) is 0.835. The normalized spacial score (nSPS) is 11.2. The van der Waals surface area contributed by atoms with Crippen molar-refractivity contribution in [2.24, 2.45) is 5.92 Å². The van der Waals surface area contributed by atoms with Gasteiger partial charge in [0.15, 0.2) is 0 Å². The lowest BCUT2D eigenvalue weighted by atomic mass is 10.1. The molecular formula is C10H25O5PS. The molecule has 5 nitrogen and oxygen atoms in total. The summed E-state index contributed by atoms with van der Waals surface area (Å²) in [4.78, 5) is 10.9. The molecule has 0 aliphatic heterocycles. The van der Waals surface area contributed by atoms with Gasteiger partial charge in [-0.05, 0) is 13.3 Å². The lowest BCUT2D eigenvalue weighted by molar-refractivity contribution is -0.147. The third-order valence-electron chi connectivity index (χ3n) is 1.41. The summed E-state index contributed by atoms with van der Waals surface area (Å²) in [7, 11) is -1.25. The summed E-state index contributed by atoms with van der Waals surface area (Å²) < 4.78 is 30.7. The molecule has 7 heteroatoms. The molecule has 2 atom stereocenters. The van der Waals surface area contributed by atoms with Crippen LogP contribution in [0.5, 0.6) is 0 Å². The minimum Gasteiger partial charge on any atom is -0.466 e. The summed E-state index contributed by atoms with van der Waals surface area (Å²) in [5.74, 6) is 0.00861. The number of hydrogen-bond donors (Lipinski definition) is 1. The van der Waals surface area contributed by atoms with Crippen LogP contribution in [-0.4, -0.2) is 38.5 Å². The molecule has 0 aromatic carbocycles. The third-order valence-corrected chi connectivity index (χ3v) is 1.41. The lowest BCUT2D eigenvalue weighted by Gasteiger charge is -2.07.